The first-order chi connectivity index (χ1) is 9.29. The van der Waals surface area contributed by atoms with Crippen LogP contribution >= 0.6 is 15.9 Å². The van der Waals surface area contributed by atoms with Crippen molar-refractivity contribution >= 4 is 15.9 Å². The van der Waals surface area contributed by atoms with Gasteiger partial charge >= 0.3 is 0 Å². The van der Waals surface area contributed by atoms with Crippen LogP contribution in [-0.4, -0.2) is 6.54 Å². The summed E-state index contributed by atoms with van der Waals surface area (Å²) in [5.41, 5.74) is 1.44. The Hall–Kier alpha value is -0.340. The second-order valence-electron chi connectivity index (χ2n) is 5.79. The van der Waals surface area contributed by atoms with E-state index < -0.39 is 0 Å². The Morgan fingerprint density at radius 1 is 1.21 bits per heavy atom. The molecule has 2 heteroatoms. The molecule has 0 radical (unpaired) electrons. The lowest BCUT2D eigenvalue weighted by atomic mass is 9.95. The van der Waals surface area contributed by atoms with E-state index in [2.05, 4.69) is 52.4 Å². The average Bonchev–Trinajstić information content (AvgIpc) is 2.93. The molecule has 0 heterocycles. The highest BCUT2D eigenvalue weighted by Gasteiger charge is 2.18. The van der Waals surface area contributed by atoms with Crippen LogP contribution in [0.1, 0.15) is 63.5 Å². The summed E-state index contributed by atoms with van der Waals surface area (Å²) in [4.78, 5) is 0. The highest BCUT2D eigenvalue weighted by Crippen LogP contribution is 2.31. The minimum atomic E-state index is 0.536. The minimum absolute atomic E-state index is 0.536. The summed E-state index contributed by atoms with van der Waals surface area (Å²) in [6.45, 7) is 3.36. The Morgan fingerprint density at radius 3 is 2.53 bits per heavy atom. The quantitative estimate of drug-likeness (QED) is 0.702. The van der Waals surface area contributed by atoms with Crippen molar-refractivity contribution in [2.75, 3.05) is 6.54 Å². The van der Waals surface area contributed by atoms with Crippen LogP contribution in [0.3, 0.4) is 0 Å². The van der Waals surface area contributed by atoms with E-state index in [1.807, 2.05) is 0 Å². The molecule has 1 fully saturated rings. The molecule has 106 valence electrons. The SMILES string of the molecule is CCCNC(CCC1CCCC1)c1ccc(Br)cc1. The predicted molar refractivity (Wildman–Crippen MR) is 86.4 cm³/mol. The molecule has 1 nitrogen and oxygen atoms in total. The molecule has 1 aliphatic carbocycles. The van der Waals surface area contributed by atoms with E-state index >= 15 is 0 Å². The van der Waals surface area contributed by atoms with Gasteiger partial charge in [-0.15, -0.1) is 0 Å². The molecule has 1 atom stereocenters. The third-order valence-corrected chi connectivity index (χ3v) is 4.78. The van der Waals surface area contributed by atoms with Crippen molar-refractivity contribution in [3.05, 3.63) is 34.3 Å². The number of benzene rings is 1. The first-order valence-electron chi connectivity index (χ1n) is 7.78. The lowest BCUT2D eigenvalue weighted by Crippen LogP contribution is -2.22. The van der Waals surface area contributed by atoms with Crippen molar-refractivity contribution in [1.82, 2.24) is 5.32 Å². The Morgan fingerprint density at radius 2 is 1.89 bits per heavy atom. The number of nitrogens with one attached hydrogen (secondary N) is 1. The molecule has 1 aliphatic rings. The summed E-state index contributed by atoms with van der Waals surface area (Å²) in [5.74, 6) is 0.987. The smallest absolute Gasteiger partial charge is 0.0320 e. The fourth-order valence-corrected chi connectivity index (χ4v) is 3.37. The van der Waals surface area contributed by atoms with Crippen LogP contribution in [-0.2, 0) is 0 Å². The lowest BCUT2D eigenvalue weighted by molar-refractivity contribution is 0.412. The van der Waals surface area contributed by atoms with Crippen LogP contribution in [0.25, 0.3) is 0 Å². The topological polar surface area (TPSA) is 12.0 Å². The van der Waals surface area contributed by atoms with Crippen molar-refractivity contribution in [1.29, 1.82) is 0 Å². The first kappa shape index (κ1) is 15.1. The highest BCUT2D eigenvalue weighted by atomic mass is 79.9. The largest absolute Gasteiger partial charge is 0.310 e. The van der Waals surface area contributed by atoms with Crippen molar-refractivity contribution in [2.24, 2.45) is 5.92 Å². The predicted octanol–water partition coefficient (Wildman–Crippen LogP) is 5.46. The van der Waals surface area contributed by atoms with Crippen LogP contribution in [0, 0.1) is 5.92 Å². The third-order valence-electron chi connectivity index (χ3n) is 4.25. The van der Waals surface area contributed by atoms with Gasteiger partial charge in [-0.05, 0) is 49.4 Å². The molecule has 0 saturated heterocycles. The molecular weight excluding hydrogens is 298 g/mol. The second-order valence-corrected chi connectivity index (χ2v) is 6.70. The zero-order chi connectivity index (χ0) is 13.5. The molecule has 0 aliphatic heterocycles. The van der Waals surface area contributed by atoms with Crippen molar-refractivity contribution in [3.8, 4) is 0 Å². The van der Waals surface area contributed by atoms with E-state index in [9.17, 15) is 0 Å². The number of hydrogen-bond donors (Lipinski definition) is 1. The summed E-state index contributed by atoms with van der Waals surface area (Å²) in [7, 11) is 0. The molecule has 1 saturated carbocycles. The molecule has 0 aromatic heterocycles. The Balaban J connectivity index is 1.91. The molecule has 0 amide bonds. The summed E-state index contributed by atoms with van der Waals surface area (Å²) >= 11 is 3.52. The van der Waals surface area contributed by atoms with Gasteiger partial charge in [0.2, 0.25) is 0 Å². The number of rotatable bonds is 7. The van der Waals surface area contributed by atoms with Gasteiger partial charge < -0.3 is 5.32 Å². The number of halogens is 1. The zero-order valence-electron chi connectivity index (χ0n) is 12.0. The van der Waals surface area contributed by atoms with Crippen molar-refractivity contribution < 1.29 is 0 Å². The lowest BCUT2D eigenvalue weighted by Gasteiger charge is -2.21. The van der Waals surface area contributed by atoms with Gasteiger partial charge in [0.25, 0.3) is 0 Å². The van der Waals surface area contributed by atoms with Gasteiger partial charge in [-0.2, -0.15) is 0 Å². The standard InChI is InChI=1S/C17H26BrN/c1-2-13-19-17(12-7-14-5-3-4-6-14)15-8-10-16(18)11-9-15/h8-11,14,17,19H,2-7,12-13H2,1H3. The molecule has 1 N–H and O–H groups in total. The van der Waals surface area contributed by atoms with Crippen LogP contribution in [0.5, 0.6) is 0 Å². The van der Waals surface area contributed by atoms with E-state index in [-0.39, 0.29) is 0 Å². The fraction of sp³-hybridized carbons (Fsp3) is 0.647. The van der Waals surface area contributed by atoms with Gasteiger partial charge in [0.15, 0.2) is 0 Å². The molecule has 1 unspecified atom stereocenters. The van der Waals surface area contributed by atoms with Gasteiger partial charge in [0.05, 0.1) is 0 Å². The zero-order valence-corrected chi connectivity index (χ0v) is 13.6. The Labute approximate surface area is 126 Å². The summed E-state index contributed by atoms with van der Waals surface area (Å²) in [5, 5.41) is 3.71. The van der Waals surface area contributed by atoms with Crippen molar-refractivity contribution in [3.63, 3.8) is 0 Å². The molecule has 2 rings (SSSR count). The van der Waals surface area contributed by atoms with E-state index in [0.29, 0.717) is 6.04 Å². The summed E-state index contributed by atoms with van der Waals surface area (Å²) in [6.07, 6.45) is 9.70. The highest BCUT2D eigenvalue weighted by molar-refractivity contribution is 9.10. The van der Waals surface area contributed by atoms with Crippen molar-refractivity contribution in [2.45, 2.75) is 57.9 Å². The van der Waals surface area contributed by atoms with Gasteiger partial charge in [-0.25, -0.2) is 0 Å². The molecule has 0 bridgehead atoms. The molecule has 1 aromatic carbocycles. The van der Waals surface area contributed by atoms with Crippen LogP contribution in [0.2, 0.25) is 0 Å². The summed E-state index contributed by atoms with van der Waals surface area (Å²) < 4.78 is 1.17. The van der Waals surface area contributed by atoms with E-state index in [0.717, 1.165) is 12.5 Å². The Bertz CT molecular complexity index is 354. The second kappa shape index (κ2) is 8.06. The van der Waals surface area contributed by atoms with Crippen LogP contribution in [0.15, 0.2) is 28.7 Å². The third kappa shape index (κ3) is 4.92. The fourth-order valence-electron chi connectivity index (χ4n) is 3.10. The molecule has 19 heavy (non-hydrogen) atoms. The molecule has 1 aromatic rings. The maximum absolute atomic E-state index is 3.71. The van der Waals surface area contributed by atoms with Gasteiger partial charge in [-0.3, -0.25) is 0 Å². The van der Waals surface area contributed by atoms with E-state index in [4.69, 9.17) is 0 Å². The van der Waals surface area contributed by atoms with Gasteiger partial charge in [-0.1, -0.05) is 60.7 Å². The van der Waals surface area contributed by atoms with Crippen LogP contribution < -0.4 is 5.32 Å². The van der Waals surface area contributed by atoms with E-state index in [1.165, 1.54) is 55.0 Å². The normalized spacial score (nSPS) is 17.8. The average molecular weight is 324 g/mol. The van der Waals surface area contributed by atoms with Gasteiger partial charge in [0.1, 0.15) is 0 Å². The first-order valence-corrected chi connectivity index (χ1v) is 8.57. The summed E-state index contributed by atoms with van der Waals surface area (Å²) in [6, 6.07) is 9.36. The monoisotopic (exact) mass is 323 g/mol. The minimum Gasteiger partial charge on any atom is -0.310 e. The number of hydrogen-bond acceptors (Lipinski definition) is 1. The maximum Gasteiger partial charge on any atom is 0.0320 e. The maximum atomic E-state index is 3.71. The Kier molecular flexibility index (Phi) is 6.39. The molecular formula is C17H26BrN. The van der Waals surface area contributed by atoms with E-state index in [1.54, 1.807) is 0 Å². The van der Waals surface area contributed by atoms with Gasteiger partial charge in [0, 0.05) is 10.5 Å². The van der Waals surface area contributed by atoms with Crippen LogP contribution in [0.4, 0.5) is 0 Å². The molecule has 0 spiro atoms.